The molecule has 0 aliphatic carbocycles. The molecule has 8 heteroatoms. The first kappa shape index (κ1) is 21.7. The minimum Gasteiger partial charge on any atom is -0.493 e. The molecule has 2 N–H and O–H groups in total. The van der Waals surface area contributed by atoms with E-state index in [-0.39, 0.29) is 24.3 Å². The summed E-state index contributed by atoms with van der Waals surface area (Å²) in [5, 5.41) is 5.47. The summed E-state index contributed by atoms with van der Waals surface area (Å²) in [6.07, 6.45) is 0. The quantitative estimate of drug-likeness (QED) is 0.711. The lowest BCUT2D eigenvalue weighted by Crippen LogP contribution is -2.37. The first-order valence-corrected chi connectivity index (χ1v) is 9.01. The van der Waals surface area contributed by atoms with Crippen molar-refractivity contribution in [3.05, 3.63) is 48.0 Å². The second-order valence-electron chi connectivity index (χ2n) is 6.22. The van der Waals surface area contributed by atoms with E-state index >= 15 is 0 Å². The van der Waals surface area contributed by atoms with Crippen molar-refractivity contribution in [2.24, 2.45) is 0 Å². The van der Waals surface area contributed by atoms with Crippen molar-refractivity contribution in [3.8, 4) is 11.5 Å². The van der Waals surface area contributed by atoms with E-state index in [9.17, 15) is 14.4 Å². The Morgan fingerprint density at radius 2 is 1.59 bits per heavy atom. The van der Waals surface area contributed by atoms with Gasteiger partial charge < -0.3 is 25.0 Å². The van der Waals surface area contributed by atoms with Crippen molar-refractivity contribution in [2.45, 2.75) is 13.8 Å². The van der Waals surface area contributed by atoms with Gasteiger partial charge in [-0.2, -0.15) is 0 Å². The van der Waals surface area contributed by atoms with E-state index in [0.717, 1.165) is 0 Å². The van der Waals surface area contributed by atoms with Gasteiger partial charge in [0.25, 0.3) is 5.91 Å². The van der Waals surface area contributed by atoms with Crippen molar-refractivity contribution in [3.63, 3.8) is 0 Å². The van der Waals surface area contributed by atoms with E-state index in [1.165, 1.54) is 28.1 Å². The van der Waals surface area contributed by atoms with Gasteiger partial charge in [-0.3, -0.25) is 14.4 Å². The summed E-state index contributed by atoms with van der Waals surface area (Å²) in [5.41, 5.74) is 1.75. The lowest BCUT2D eigenvalue weighted by Gasteiger charge is -2.22. The predicted octanol–water partition coefficient (Wildman–Crippen LogP) is 2.45. The Balaban J connectivity index is 1.99. The second kappa shape index (κ2) is 10.1. The summed E-state index contributed by atoms with van der Waals surface area (Å²) < 4.78 is 10.4. The molecule has 0 bridgehead atoms. The number of nitrogens with zero attached hydrogens (tertiary/aromatic N) is 1. The highest BCUT2D eigenvalue weighted by Crippen LogP contribution is 2.27. The summed E-state index contributed by atoms with van der Waals surface area (Å²) in [4.78, 5) is 37.1. The molecular weight excluding hydrogens is 374 g/mol. The lowest BCUT2D eigenvalue weighted by molar-refractivity contribution is -0.116. The van der Waals surface area contributed by atoms with Crippen LogP contribution in [0.4, 0.5) is 11.4 Å². The molecule has 0 aliphatic heterocycles. The van der Waals surface area contributed by atoms with Crippen molar-refractivity contribution in [1.29, 1.82) is 0 Å². The van der Waals surface area contributed by atoms with E-state index < -0.39 is 0 Å². The third-order valence-electron chi connectivity index (χ3n) is 4.15. The van der Waals surface area contributed by atoms with Gasteiger partial charge in [-0.25, -0.2) is 0 Å². The standard InChI is InChI=1S/C21H25N3O5/c1-14(25)23-17-6-8-18(9-7-17)24(15(2)26)12-11-22-21(27)16-5-10-19(28-3)20(13-16)29-4/h5-10,13H,11-12H2,1-4H3,(H,22,27)(H,23,25). The molecule has 0 aromatic heterocycles. The monoisotopic (exact) mass is 399 g/mol. The fraction of sp³-hybridized carbons (Fsp3) is 0.286. The number of anilines is 2. The van der Waals surface area contributed by atoms with Gasteiger partial charge in [0.2, 0.25) is 11.8 Å². The van der Waals surface area contributed by atoms with Crippen LogP contribution in [0.1, 0.15) is 24.2 Å². The zero-order valence-corrected chi connectivity index (χ0v) is 16.9. The van der Waals surface area contributed by atoms with E-state index in [1.54, 1.807) is 47.4 Å². The molecule has 2 rings (SSSR count). The smallest absolute Gasteiger partial charge is 0.251 e. The maximum absolute atomic E-state index is 12.4. The topological polar surface area (TPSA) is 97.0 Å². The normalized spacial score (nSPS) is 10.1. The molecule has 0 saturated heterocycles. The third-order valence-corrected chi connectivity index (χ3v) is 4.15. The summed E-state index contributed by atoms with van der Waals surface area (Å²) in [5.74, 6) is 0.395. The van der Waals surface area contributed by atoms with Crippen LogP contribution in [0, 0.1) is 0 Å². The second-order valence-corrected chi connectivity index (χ2v) is 6.22. The number of rotatable bonds is 8. The maximum atomic E-state index is 12.4. The lowest BCUT2D eigenvalue weighted by atomic mass is 10.2. The highest BCUT2D eigenvalue weighted by atomic mass is 16.5. The molecule has 0 heterocycles. The summed E-state index contributed by atoms with van der Waals surface area (Å²) >= 11 is 0. The summed E-state index contributed by atoms with van der Waals surface area (Å²) in [6.45, 7) is 3.45. The molecular formula is C21H25N3O5. The molecule has 8 nitrogen and oxygen atoms in total. The van der Waals surface area contributed by atoms with Crippen LogP contribution >= 0.6 is 0 Å². The Bertz CT molecular complexity index is 880. The predicted molar refractivity (Wildman–Crippen MR) is 111 cm³/mol. The number of hydrogen-bond donors (Lipinski definition) is 2. The zero-order chi connectivity index (χ0) is 21.4. The van der Waals surface area contributed by atoms with Gasteiger partial charge in [-0.1, -0.05) is 0 Å². The number of ether oxygens (including phenoxy) is 2. The number of methoxy groups -OCH3 is 2. The maximum Gasteiger partial charge on any atom is 0.251 e. The number of carbonyl (C=O) groups excluding carboxylic acids is 3. The molecule has 0 spiro atoms. The largest absolute Gasteiger partial charge is 0.493 e. The SMILES string of the molecule is COc1ccc(C(=O)NCCN(C(C)=O)c2ccc(NC(C)=O)cc2)cc1OC. The highest BCUT2D eigenvalue weighted by molar-refractivity contribution is 5.95. The number of hydrogen-bond acceptors (Lipinski definition) is 5. The Morgan fingerprint density at radius 3 is 2.14 bits per heavy atom. The van der Waals surface area contributed by atoms with Crippen LogP contribution in [0.25, 0.3) is 0 Å². The first-order valence-electron chi connectivity index (χ1n) is 9.01. The van der Waals surface area contributed by atoms with Crippen molar-refractivity contribution in [1.82, 2.24) is 5.32 Å². The average molecular weight is 399 g/mol. The molecule has 0 unspecified atom stereocenters. The van der Waals surface area contributed by atoms with Crippen LogP contribution in [0.5, 0.6) is 11.5 Å². The van der Waals surface area contributed by atoms with Gasteiger partial charge >= 0.3 is 0 Å². The molecule has 29 heavy (non-hydrogen) atoms. The van der Waals surface area contributed by atoms with Crippen LogP contribution in [-0.4, -0.2) is 45.0 Å². The molecule has 2 aromatic carbocycles. The average Bonchev–Trinajstić information content (AvgIpc) is 2.70. The Morgan fingerprint density at radius 1 is 0.931 bits per heavy atom. The number of benzene rings is 2. The van der Waals surface area contributed by atoms with Gasteiger partial charge in [0.15, 0.2) is 11.5 Å². The Labute approximate surface area is 169 Å². The minimum atomic E-state index is -0.282. The molecule has 0 radical (unpaired) electrons. The van der Waals surface area contributed by atoms with E-state index in [1.807, 2.05) is 0 Å². The molecule has 0 fully saturated rings. The van der Waals surface area contributed by atoms with Crippen LogP contribution in [0.15, 0.2) is 42.5 Å². The number of carbonyl (C=O) groups is 3. The minimum absolute atomic E-state index is 0.155. The molecule has 0 saturated carbocycles. The van der Waals surface area contributed by atoms with Crippen LogP contribution in [-0.2, 0) is 9.59 Å². The van der Waals surface area contributed by atoms with E-state index in [4.69, 9.17) is 9.47 Å². The molecule has 2 aromatic rings. The fourth-order valence-corrected chi connectivity index (χ4v) is 2.76. The van der Waals surface area contributed by atoms with Crippen molar-refractivity contribution >= 4 is 29.1 Å². The third kappa shape index (κ3) is 5.97. The van der Waals surface area contributed by atoms with Gasteiger partial charge in [-0.05, 0) is 42.5 Å². The molecule has 0 aliphatic rings. The van der Waals surface area contributed by atoms with Gasteiger partial charge in [0.05, 0.1) is 14.2 Å². The molecule has 154 valence electrons. The van der Waals surface area contributed by atoms with Crippen LogP contribution in [0.2, 0.25) is 0 Å². The number of amides is 3. The molecule has 3 amide bonds. The van der Waals surface area contributed by atoms with Crippen molar-refractivity contribution < 1.29 is 23.9 Å². The van der Waals surface area contributed by atoms with Crippen molar-refractivity contribution in [2.75, 3.05) is 37.5 Å². The Hall–Kier alpha value is -3.55. The van der Waals surface area contributed by atoms with Gasteiger partial charge in [0, 0.05) is 43.9 Å². The van der Waals surface area contributed by atoms with E-state index in [0.29, 0.717) is 35.0 Å². The van der Waals surface area contributed by atoms with Gasteiger partial charge in [-0.15, -0.1) is 0 Å². The zero-order valence-electron chi connectivity index (χ0n) is 16.9. The summed E-state index contributed by atoms with van der Waals surface area (Å²) in [6, 6.07) is 11.8. The first-order chi connectivity index (χ1) is 13.8. The highest BCUT2D eigenvalue weighted by Gasteiger charge is 2.14. The summed E-state index contributed by atoms with van der Waals surface area (Å²) in [7, 11) is 3.03. The fourth-order valence-electron chi connectivity index (χ4n) is 2.76. The van der Waals surface area contributed by atoms with Crippen LogP contribution in [0.3, 0.4) is 0 Å². The van der Waals surface area contributed by atoms with Crippen LogP contribution < -0.4 is 25.0 Å². The molecule has 0 atom stereocenters. The van der Waals surface area contributed by atoms with E-state index in [2.05, 4.69) is 10.6 Å². The van der Waals surface area contributed by atoms with Gasteiger partial charge in [0.1, 0.15) is 0 Å². The Kier molecular flexibility index (Phi) is 7.59. The number of nitrogens with one attached hydrogen (secondary N) is 2.